The van der Waals surface area contributed by atoms with Crippen LogP contribution in [0.2, 0.25) is 0 Å². The van der Waals surface area contributed by atoms with Crippen molar-refractivity contribution in [2.24, 2.45) is 0 Å². The van der Waals surface area contributed by atoms with Crippen LogP contribution in [0.5, 0.6) is 0 Å². The first-order valence-corrected chi connectivity index (χ1v) is 11.3. The van der Waals surface area contributed by atoms with Gasteiger partial charge in [0.1, 0.15) is 12.8 Å². The number of ether oxygens (including phenoxy) is 1. The highest BCUT2D eigenvalue weighted by Gasteiger charge is 2.22. The molecule has 0 aliphatic carbocycles. The van der Waals surface area contributed by atoms with Crippen LogP contribution < -0.4 is 26.6 Å². The van der Waals surface area contributed by atoms with Crippen molar-refractivity contribution in [2.75, 3.05) is 33.5 Å². The molecule has 0 fully saturated rings. The van der Waals surface area contributed by atoms with E-state index in [-0.39, 0.29) is 38.7 Å². The molecule has 0 saturated carbocycles. The van der Waals surface area contributed by atoms with Gasteiger partial charge in [0.2, 0.25) is 29.5 Å². The standard InChI is InChI=1S/C23H35N5O6/c1-3-4-6-11-19(29)24-13-20(30)25-15-22(32)28-18(12-17-9-7-5-8-10-17)23(33)26-14-21(31)27-16-34-2/h5,7-10,18H,3-4,6,11-16H2,1-2H3,(H,24,29)(H,25,30)(H,26,33)(H,27,31)(H,28,32)/t18-/m0/s1. The zero-order valence-electron chi connectivity index (χ0n) is 19.8. The molecule has 188 valence electrons. The van der Waals surface area contributed by atoms with Crippen molar-refractivity contribution >= 4 is 29.5 Å². The number of carbonyl (C=O) groups excluding carboxylic acids is 5. The maximum absolute atomic E-state index is 12.6. The van der Waals surface area contributed by atoms with Gasteiger partial charge < -0.3 is 31.3 Å². The minimum absolute atomic E-state index is 0.0117. The van der Waals surface area contributed by atoms with Crippen LogP contribution in [0.15, 0.2) is 30.3 Å². The van der Waals surface area contributed by atoms with Crippen LogP contribution >= 0.6 is 0 Å². The molecule has 11 nitrogen and oxygen atoms in total. The second kappa shape index (κ2) is 17.1. The highest BCUT2D eigenvalue weighted by molar-refractivity contribution is 5.92. The number of amides is 5. The summed E-state index contributed by atoms with van der Waals surface area (Å²) in [5, 5.41) is 12.4. The Balaban J connectivity index is 2.54. The number of unbranched alkanes of at least 4 members (excludes halogenated alkanes) is 2. The SMILES string of the molecule is CCCCCC(=O)NCC(=O)NCC(=O)N[C@@H](Cc1ccccc1)C(=O)NCC(=O)NCOC. The smallest absolute Gasteiger partial charge is 0.243 e. The predicted molar refractivity (Wildman–Crippen MR) is 125 cm³/mol. The van der Waals surface area contributed by atoms with Crippen LogP contribution in [0, 0.1) is 0 Å². The molecule has 1 rings (SSSR count). The van der Waals surface area contributed by atoms with Gasteiger partial charge in [-0.15, -0.1) is 0 Å². The fourth-order valence-corrected chi connectivity index (χ4v) is 2.85. The van der Waals surface area contributed by atoms with E-state index in [2.05, 4.69) is 26.6 Å². The first-order valence-electron chi connectivity index (χ1n) is 11.3. The number of hydrogen-bond acceptors (Lipinski definition) is 6. The van der Waals surface area contributed by atoms with Gasteiger partial charge in [0.05, 0.1) is 19.6 Å². The lowest BCUT2D eigenvalue weighted by Crippen LogP contribution is -2.52. The summed E-state index contributed by atoms with van der Waals surface area (Å²) in [5.74, 6) is -2.30. The van der Waals surface area contributed by atoms with Crippen LogP contribution in [-0.4, -0.2) is 69.1 Å². The molecule has 34 heavy (non-hydrogen) atoms. The summed E-state index contributed by atoms with van der Waals surface area (Å²) in [5.41, 5.74) is 0.807. The molecule has 1 aromatic carbocycles. The Morgan fingerprint density at radius 1 is 0.794 bits per heavy atom. The summed E-state index contributed by atoms with van der Waals surface area (Å²) < 4.78 is 4.74. The molecule has 0 radical (unpaired) electrons. The first kappa shape index (κ1) is 28.6. The molecule has 1 atom stereocenters. The molecular formula is C23H35N5O6. The summed E-state index contributed by atoms with van der Waals surface area (Å²) in [6.07, 6.45) is 3.23. The van der Waals surface area contributed by atoms with Crippen molar-refractivity contribution in [3.63, 3.8) is 0 Å². The molecule has 0 saturated heterocycles. The summed E-state index contributed by atoms with van der Waals surface area (Å²) >= 11 is 0. The molecule has 0 aliphatic heterocycles. The van der Waals surface area contributed by atoms with Gasteiger partial charge in [0.25, 0.3) is 0 Å². The maximum Gasteiger partial charge on any atom is 0.243 e. The molecule has 0 unspecified atom stereocenters. The highest BCUT2D eigenvalue weighted by Crippen LogP contribution is 2.03. The van der Waals surface area contributed by atoms with E-state index < -0.39 is 29.7 Å². The zero-order valence-corrected chi connectivity index (χ0v) is 19.8. The Bertz CT molecular complexity index is 802. The van der Waals surface area contributed by atoms with Crippen molar-refractivity contribution in [1.82, 2.24) is 26.6 Å². The molecular weight excluding hydrogens is 442 g/mol. The van der Waals surface area contributed by atoms with Crippen molar-refractivity contribution in [1.29, 1.82) is 0 Å². The summed E-state index contributed by atoms with van der Waals surface area (Å²) in [7, 11) is 1.42. The van der Waals surface area contributed by atoms with Gasteiger partial charge in [-0.25, -0.2) is 0 Å². The van der Waals surface area contributed by atoms with Crippen molar-refractivity contribution in [3.05, 3.63) is 35.9 Å². The third kappa shape index (κ3) is 13.2. The Morgan fingerprint density at radius 3 is 2.09 bits per heavy atom. The number of carbonyl (C=O) groups is 5. The Kier molecular flexibility index (Phi) is 14.3. The number of benzene rings is 1. The minimum Gasteiger partial charge on any atom is -0.364 e. The van der Waals surface area contributed by atoms with Crippen molar-refractivity contribution < 1.29 is 28.7 Å². The summed E-state index contributed by atoms with van der Waals surface area (Å²) in [6, 6.07) is 8.10. The Morgan fingerprint density at radius 2 is 1.41 bits per heavy atom. The summed E-state index contributed by atoms with van der Waals surface area (Å²) in [6.45, 7) is 1.17. The normalized spacial score (nSPS) is 11.1. The zero-order chi connectivity index (χ0) is 25.2. The Labute approximate surface area is 199 Å². The van der Waals surface area contributed by atoms with E-state index in [0.717, 1.165) is 24.8 Å². The van der Waals surface area contributed by atoms with Crippen molar-refractivity contribution in [3.8, 4) is 0 Å². The molecule has 0 bridgehead atoms. The van der Waals surface area contributed by atoms with Gasteiger partial charge in [0, 0.05) is 20.0 Å². The lowest BCUT2D eigenvalue weighted by atomic mass is 10.1. The van der Waals surface area contributed by atoms with Crippen LogP contribution in [0.3, 0.4) is 0 Å². The van der Waals surface area contributed by atoms with Gasteiger partial charge in [-0.2, -0.15) is 0 Å². The molecule has 1 aromatic rings. The first-order chi connectivity index (χ1) is 16.3. The van der Waals surface area contributed by atoms with Gasteiger partial charge in [-0.3, -0.25) is 24.0 Å². The lowest BCUT2D eigenvalue weighted by molar-refractivity contribution is -0.131. The third-order valence-electron chi connectivity index (χ3n) is 4.67. The lowest BCUT2D eigenvalue weighted by Gasteiger charge is -2.19. The molecule has 0 aromatic heterocycles. The molecule has 11 heteroatoms. The van der Waals surface area contributed by atoms with Gasteiger partial charge in [0.15, 0.2) is 0 Å². The van der Waals surface area contributed by atoms with Crippen LogP contribution in [-0.2, 0) is 35.1 Å². The van der Waals surface area contributed by atoms with Crippen LogP contribution in [0.4, 0.5) is 0 Å². The largest absolute Gasteiger partial charge is 0.364 e. The minimum atomic E-state index is -0.958. The van der Waals surface area contributed by atoms with E-state index in [1.165, 1.54) is 7.11 Å². The fourth-order valence-electron chi connectivity index (χ4n) is 2.85. The van der Waals surface area contributed by atoms with Crippen molar-refractivity contribution in [2.45, 2.75) is 45.1 Å². The molecule has 5 amide bonds. The summed E-state index contributed by atoms with van der Waals surface area (Å²) in [4.78, 5) is 60.3. The number of methoxy groups -OCH3 is 1. The van der Waals surface area contributed by atoms with Crippen LogP contribution in [0.25, 0.3) is 0 Å². The van der Waals surface area contributed by atoms with Gasteiger partial charge in [-0.05, 0) is 12.0 Å². The fraction of sp³-hybridized carbons (Fsp3) is 0.522. The molecule has 0 heterocycles. The second-order valence-corrected chi connectivity index (χ2v) is 7.57. The Hall–Kier alpha value is -3.47. The highest BCUT2D eigenvalue weighted by atomic mass is 16.5. The van der Waals surface area contributed by atoms with E-state index in [9.17, 15) is 24.0 Å². The molecule has 0 aliphatic rings. The number of nitrogens with one attached hydrogen (secondary N) is 5. The van der Waals surface area contributed by atoms with E-state index in [4.69, 9.17) is 4.74 Å². The number of rotatable bonds is 16. The van der Waals surface area contributed by atoms with Crippen LogP contribution in [0.1, 0.15) is 38.2 Å². The van der Waals surface area contributed by atoms with E-state index in [1.54, 1.807) is 12.1 Å². The molecule has 5 N–H and O–H groups in total. The third-order valence-corrected chi connectivity index (χ3v) is 4.67. The molecule has 0 spiro atoms. The van der Waals surface area contributed by atoms with Gasteiger partial charge in [-0.1, -0.05) is 50.1 Å². The van der Waals surface area contributed by atoms with E-state index >= 15 is 0 Å². The van der Waals surface area contributed by atoms with E-state index in [0.29, 0.717) is 6.42 Å². The monoisotopic (exact) mass is 477 g/mol. The van der Waals surface area contributed by atoms with Gasteiger partial charge >= 0.3 is 0 Å². The second-order valence-electron chi connectivity index (χ2n) is 7.57. The quantitative estimate of drug-likeness (QED) is 0.158. The topological polar surface area (TPSA) is 155 Å². The maximum atomic E-state index is 12.6. The average molecular weight is 478 g/mol. The predicted octanol–water partition coefficient (Wildman–Crippen LogP) is -0.637. The number of hydrogen-bond donors (Lipinski definition) is 5. The average Bonchev–Trinajstić information content (AvgIpc) is 2.83. The van der Waals surface area contributed by atoms with E-state index in [1.807, 2.05) is 25.1 Å².